The molecule has 1 aromatic carbocycles. The van der Waals surface area contributed by atoms with Crippen LogP contribution in [0.5, 0.6) is 0 Å². The molecule has 6 heteroatoms. The largest absolute Gasteiger partial charge is 0.346 e. The number of hydrogen-bond acceptors (Lipinski definition) is 4. The van der Waals surface area contributed by atoms with Gasteiger partial charge in [0, 0.05) is 36.8 Å². The Labute approximate surface area is 127 Å². The molecule has 6 nitrogen and oxygen atoms in total. The van der Waals surface area contributed by atoms with Crippen molar-refractivity contribution in [2.24, 2.45) is 7.05 Å². The molecule has 2 aromatic heterocycles. The molecule has 0 aliphatic rings. The van der Waals surface area contributed by atoms with Crippen molar-refractivity contribution in [3.05, 3.63) is 66.4 Å². The van der Waals surface area contributed by atoms with E-state index in [1.165, 1.54) is 0 Å². The molecule has 3 aromatic rings. The lowest BCUT2D eigenvalue weighted by molar-refractivity contribution is 0.0950. The van der Waals surface area contributed by atoms with Crippen LogP contribution in [0.3, 0.4) is 0 Å². The van der Waals surface area contributed by atoms with Gasteiger partial charge in [-0.3, -0.25) is 19.4 Å². The van der Waals surface area contributed by atoms with Crippen LogP contribution in [0.2, 0.25) is 0 Å². The summed E-state index contributed by atoms with van der Waals surface area (Å²) >= 11 is 0. The molecule has 0 atom stereocenters. The molecule has 0 bridgehead atoms. The molecule has 0 spiro atoms. The highest BCUT2D eigenvalue weighted by molar-refractivity contribution is 5.94. The van der Waals surface area contributed by atoms with Crippen LogP contribution in [0.15, 0.2) is 55.1 Å². The van der Waals surface area contributed by atoms with Crippen molar-refractivity contribution in [3.8, 4) is 11.3 Å². The summed E-state index contributed by atoms with van der Waals surface area (Å²) < 4.78 is 1.70. The van der Waals surface area contributed by atoms with Crippen molar-refractivity contribution in [2.45, 2.75) is 6.54 Å². The number of carbonyl (C=O) groups excluding carboxylic acids is 1. The van der Waals surface area contributed by atoms with Gasteiger partial charge in [-0.1, -0.05) is 18.2 Å². The van der Waals surface area contributed by atoms with Crippen LogP contribution >= 0.6 is 0 Å². The molecule has 1 amide bonds. The van der Waals surface area contributed by atoms with E-state index in [-0.39, 0.29) is 5.91 Å². The number of aryl methyl sites for hydroxylation is 1. The maximum Gasteiger partial charge on any atom is 0.251 e. The normalized spacial score (nSPS) is 10.4. The Morgan fingerprint density at radius 3 is 2.68 bits per heavy atom. The summed E-state index contributed by atoms with van der Waals surface area (Å²) in [7, 11) is 1.84. The summed E-state index contributed by atoms with van der Waals surface area (Å²) in [5, 5.41) is 7.00. The highest BCUT2D eigenvalue weighted by atomic mass is 16.1. The lowest BCUT2D eigenvalue weighted by atomic mass is 10.2. The van der Waals surface area contributed by atoms with Crippen molar-refractivity contribution in [3.63, 3.8) is 0 Å². The molecule has 0 aliphatic heterocycles. The first-order chi connectivity index (χ1) is 10.7. The van der Waals surface area contributed by atoms with Crippen LogP contribution < -0.4 is 5.32 Å². The number of nitrogens with zero attached hydrogens (tertiary/aromatic N) is 4. The van der Waals surface area contributed by atoms with Crippen LogP contribution in [0.1, 0.15) is 16.1 Å². The average Bonchev–Trinajstić information content (AvgIpc) is 3.00. The highest BCUT2D eigenvalue weighted by Crippen LogP contribution is 2.18. The Balaban J connectivity index is 1.77. The zero-order valence-corrected chi connectivity index (χ0v) is 12.1. The van der Waals surface area contributed by atoms with Gasteiger partial charge >= 0.3 is 0 Å². The minimum atomic E-state index is -0.136. The maximum atomic E-state index is 12.1. The van der Waals surface area contributed by atoms with Crippen LogP contribution in [-0.2, 0) is 13.6 Å². The molecular weight excluding hydrogens is 278 g/mol. The van der Waals surface area contributed by atoms with Crippen LogP contribution in [0.4, 0.5) is 0 Å². The second kappa shape index (κ2) is 6.17. The second-order valence-corrected chi connectivity index (χ2v) is 4.80. The highest BCUT2D eigenvalue weighted by Gasteiger charge is 2.11. The molecule has 2 heterocycles. The van der Waals surface area contributed by atoms with Gasteiger partial charge in [0.2, 0.25) is 0 Å². The smallest absolute Gasteiger partial charge is 0.251 e. The summed E-state index contributed by atoms with van der Waals surface area (Å²) in [6, 6.07) is 9.08. The molecule has 0 saturated carbocycles. The molecule has 0 radical (unpaired) electrons. The molecule has 22 heavy (non-hydrogen) atoms. The second-order valence-electron chi connectivity index (χ2n) is 4.80. The third-order valence-corrected chi connectivity index (χ3v) is 3.20. The minimum Gasteiger partial charge on any atom is -0.346 e. The van der Waals surface area contributed by atoms with Gasteiger partial charge in [0.25, 0.3) is 5.91 Å². The van der Waals surface area contributed by atoms with Gasteiger partial charge in [0.15, 0.2) is 0 Å². The topological polar surface area (TPSA) is 72.7 Å². The van der Waals surface area contributed by atoms with Crippen molar-refractivity contribution < 1.29 is 4.79 Å². The van der Waals surface area contributed by atoms with Gasteiger partial charge in [-0.2, -0.15) is 5.10 Å². The fourth-order valence-electron chi connectivity index (χ4n) is 2.14. The quantitative estimate of drug-likeness (QED) is 0.796. The summed E-state index contributed by atoms with van der Waals surface area (Å²) in [4.78, 5) is 20.8. The molecule has 0 unspecified atom stereocenters. The number of aromatic nitrogens is 4. The summed E-state index contributed by atoms with van der Waals surface area (Å²) in [6.45, 7) is 0.311. The Morgan fingerprint density at radius 2 is 1.95 bits per heavy atom. The molecule has 0 saturated heterocycles. The molecule has 0 fully saturated rings. The third-order valence-electron chi connectivity index (χ3n) is 3.20. The van der Waals surface area contributed by atoms with Crippen LogP contribution in [0.25, 0.3) is 11.3 Å². The number of hydrogen-bond donors (Lipinski definition) is 1. The standard InChI is InChI=1S/C16H15N5O/c1-21-11-13(9-20-21)15-14(17-7-8-18-15)10-19-16(22)12-5-3-2-4-6-12/h2-9,11H,10H2,1H3,(H,19,22). The van der Waals surface area contributed by atoms with E-state index in [9.17, 15) is 4.79 Å². The molecule has 0 aliphatic carbocycles. The Morgan fingerprint density at radius 1 is 1.18 bits per heavy atom. The zero-order chi connectivity index (χ0) is 15.4. The predicted molar refractivity (Wildman–Crippen MR) is 81.8 cm³/mol. The third kappa shape index (κ3) is 3.01. The van der Waals surface area contributed by atoms with Gasteiger partial charge in [-0.05, 0) is 12.1 Å². The molecular formula is C16H15N5O. The monoisotopic (exact) mass is 293 g/mol. The molecule has 1 N–H and O–H groups in total. The Kier molecular flexibility index (Phi) is 3.91. The maximum absolute atomic E-state index is 12.1. The lowest BCUT2D eigenvalue weighted by Crippen LogP contribution is -2.23. The van der Waals surface area contributed by atoms with Crippen molar-refractivity contribution in [2.75, 3.05) is 0 Å². The van der Waals surface area contributed by atoms with Crippen molar-refractivity contribution >= 4 is 5.91 Å². The fourth-order valence-corrected chi connectivity index (χ4v) is 2.14. The van der Waals surface area contributed by atoms with E-state index in [2.05, 4.69) is 20.4 Å². The number of rotatable bonds is 4. The van der Waals surface area contributed by atoms with Gasteiger partial charge in [0.05, 0.1) is 24.1 Å². The Hall–Kier alpha value is -3.02. The SMILES string of the molecule is Cn1cc(-c2nccnc2CNC(=O)c2ccccc2)cn1. The van der Waals surface area contributed by atoms with Crippen LogP contribution in [0, 0.1) is 0 Å². The fraction of sp³-hybridized carbons (Fsp3) is 0.125. The average molecular weight is 293 g/mol. The predicted octanol–water partition coefficient (Wildman–Crippen LogP) is 1.81. The molecule has 3 rings (SSSR count). The zero-order valence-electron chi connectivity index (χ0n) is 12.1. The summed E-state index contributed by atoms with van der Waals surface area (Å²) in [5.41, 5.74) is 2.93. The van der Waals surface area contributed by atoms with Gasteiger partial charge in [0.1, 0.15) is 0 Å². The first-order valence-electron chi connectivity index (χ1n) is 6.86. The number of carbonyl (C=O) groups is 1. The van der Waals surface area contributed by atoms with Crippen molar-refractivity contribution in [1.29, 1.82) is 0 Å². The number of benzene rings is 1. The van der Waals surface area contributed by atoms with Gasteiger partial charge in [-0.15, -0.1) is 0 Å². The lowest BCUT2D eigenvalue weighted by Gasteiger charge is -2.07. The Bertz CT molecular complexity index is 782. The van der Waals surface area contributed by atoms with E-state index in [1.54, 1.807) is 35.4 Å². The van der Waals surface area contributed by atoms with E-state index in [1.807, 2.05) is 31.4 Å². The van der Waals surface area contributed by atoms with Gasteiger partial charge in [-0.25, -0.2) is 0 Å². The summed E-state index contributed by atoms with van der Waals surface area (Å²) in [5.74, 6) is -0.136. The van der Waals surface area contributed by atoms with E-state index in [0.717, 1.165) is 11.3 Å². The van der Waals surface area contributed by atoms with Crippen LogP contribution in [-0.4, -0.2) is 25.7 Å². The first kappa shape index (κ1) is 13.9. The van der Waals surface area contributed by atoms with E-state index < -0.39 is 0 Å². The first-order valence-corrected chi connectivity index (χ1v) is 6.86. The van der Waals surface area contributed by atoms with E-state index in [0.29, 0.717) is 17.8 Å². The van der Waals surface area contributed by atoms with Crippen molar-refractivity contribution in [1.82, 2.24) is 25.1 Å². The number of nitrogens with one attached hydrogen (secondary N) is 1. The minimum absolute atomic E-state index is 0.136. The van der Waals surface area contributed by atoms with Gasteiger partial charge < -0.3 is 5.32 Å². The molecule has 110 valence electrons. The van der Waals surface area contributed by atoms with E-state index >= 15 is 0 Å². The number of amides is 1. The van der Waals surface area contributed by atoms with E-state index in [4.69, 9.17) is 0 Å². The summed E-state index contributed by atoms with van der Waals surface area (Å²) in [6.07, 6.45) is 6.84.